The highest BCUT2D eigenvalue weighted by atomic mass is 32.2. The Bertz CT molecular complexity index is 1660. The molecule has 0 saturated carbocycles. The summed E-state index contributed by atoms with van der Waals surface area (Å²) >= 11 is 0. The standard InChI is InChI=1S/C30H24N2O6S/c1-20-12-8-10-18-24(20)31-29(33)26-27(32(37-28(26)30(31)34)21-13-4-2-5-14-21)23-17-9-11-19-25(23)38-39(35,36)22-15-6-3-7-16-22/h2-19,26-28H,1H3/t26-,27-,28+/m1/s1. The van der Waals surface area contributed by atoms with E-state index in [0.717, 1.165) is 5.56 Å². The molecule has 0 N–H and O–H groups in total. The molecule has 2 amide bonds. The first-order valence-corrected chi connectivity index (χ1v) is 13.8. The molecule has 2 heterocycles. The number of amides is 2. The molecule has 9 heteroatoms. The highest BCUT2D eigenvalue weighted by Gasteiger charge is 2.61. The number of hydrogen-bond donors (Lipinski definition) is 0. The zero-order chi connectivity index (χ0) is 27.1. The first-order valence-electron chi connectivity index (χ1n) is 12.4. The lowest BCUT2D eigenvalue weighted by Crippen LogP contribution is -2.37. The lowest BCUT2D eigenvalue weighted by atomic mass is 9.90. The van der Waals surface area contributed by atoms with Crippen molar-refractivity contribution in [2.45, 2.75) is 24.0 Å². The van der Waals surface area contributed by atoms with Gasteiger partial charge in [0, 0.05) is 5.56 Å². The lowest BCUT2D eigenvalue weighted by Gasteiger charge is -2.29. The average Bonchev–Trinajstić information content (AvgIpc) is 3.46. The fourth-order valence-electron chi connectivity index (χ4n) is 5.14. The monoisotopic (exact) mass is 540 g/mol. The van der Waals surface area contributed by atoms with Gasteiger partial charge in [-0.2, -0.15) is 8.42 Å². The molecular weight excluding hydrogens is 516 g/mol. The third-order valence-electron chi connectivity index (χ3n) is 6.95. The maximum Gasteiger partial charge on any atom is 0.339 e. The summed E-state index contributed by atoms with van der Waals surface area (Å²) in [5.41, 5.74) is 2.28. The second-order valence-electron chi connectivity index (χ2n) is 9.34. The zero-order valence-electron chi connectivity index (χ0n) is 20.9. The molecule has 0 radical (unpaired) electrons. The van der Waals surface area contributed by atoms with Crippen LogP contribution in [0.25, 0.3) is 0 Å². The SMILES string of the molecule is Cc1ccccc1N1C(=O)[C@H]2[C@H](ON(c3ccccc3)[C@@H]2c2ccccc2OS(=O)(=O)c2ccccc2)C1=O. The van der Waals surface area contributed by atoms with Crippen LogP contribution in [0.15, 0.2) is 114 Å². The van der Waals surface area contributed by atoms with Crippen molar-refractivity contribution in [1.29, 1.82) is 0 Å². The molecule has 6 rings (SSSR count). The van der Waals surface area contributed by atoms with E-state index in [2.05, 4.69) is 0 Å². The number of hydrogen-bond acceptors (Lipinski definition) is 7. The molecule has 2 aliphatic rings. The van der Waals surface area contributed by atoms with Crippen molar-refractivity contribution in [2.24, 2.45) is 5.92 Å². The Hall–Kier alpha value is -4.47. The largest absolute Gasteiger partial charge is 0.379 e. The van der Waals surface area contributed by atoms with Crippen molar-refractivity contribution in [1.82, 2.24) is 0 Å². The van der Waals surface area contributed by atoms with Gasteiger partial charge in [-0.25, -0.2) is 9.96 Å². The molecule has 0 aromatic heterocycles. The van der Waals surface area contributed by atoms with E-state index >= 15 is 0 Å². The van der Waals surface area contributed by atoms with Crippen LogP contribution >= 0.6 is 0 Å². The van der Waals surface area contributed by atoms with E-state index in [0.29, 0.717) is 16.9 Å². The van der Waals surface area contributed by atoms with Crippen molar-refractivity contribution < 1.29 is 27.0 Å². The predicted octanol–water partition coefficient (Wildman–Crippen LogP) is 4.81. The first kappa shape index (κ1) is 24.8. The fraction of sp³-hybridized carbons (Fsp3) is 0.133. The first-order chi connectivity index (χ1) is 18.9. The molecule has 39 heavy (non-hydrogen) atoms. The van der Waals surface area contributed by atoms with E-state index in [4.69, 9.17) is 9.02 Å². The van der Waals surface area contributed by atoms with Crippen LogP contribution in [0, 0.1) is 12.8 Å². The number of carbonyl (C=O) groups is 2. The third-order valence-corrected chi connectivity index (χ3v) is 8.20. The molecule has 2 fully saturated rings. The van der Waals surface area contributed by atoms with Gasteiger partial charge in [-0.05, 0) is 48.9 Å². The molecule has 196 valence electrons. The van der Waals surface area contributed by atoms with E-state index in [1.165, 1.54) is 28.2 Å². The van der Waals surface area contributed by atoms with Gasteiger partial charge in [0.1, 0.15) is 16.6 Å². The lowest BCUT2D eigenvalue weighted by molar-refractivity contribution is -0.126. The third kappa shape index (κ3) is 4.25. The Balaban J connectivity index is 1.46. The van der Waals surface area contributed by atoms with Crippen LogP contribution in [0.5, 0.6) is 5.75 Å². The summed E-state index contributed by atoms with van der Waals surface area (Å²) in [6.45, 7) is 1.83. The van der Waals surface area contributed by atoms with Gasteiger partial charge in [-0.15, -0.1) is 0 Å². The number of hydroxylamine groups is 1. The van der Waals surface area contributed by atoms with E-state index in [-0.39, 0.29) is 10.6 Å². The molecule has 0 unspecified atom stereocenters. The zero-order valence-corrected chi connectivity index (χ0v) is 21.7. The molecule has 0 aliphatic carbocycles. The second-order valence-corrected chi connectivity index (χ2v) is 10.9. The smallest absolute Gasteiger partial charge is 0.339 e. The summed E-state index contributed by atoms with van der Waals surface area (Å²) in [6.07, 6.45) is -1.10. The summed E-state index contributed by atoms with van der Waals surface area (Å²) < 4.78 is 31.9. The van der Waals surface area contributed by atoms with Crippen molar-refractivity contribution in [3.8, 4) is 5.75 Å². The van der Waals surface area contributed by atoms with Gasteiger partial charge in [0.05, 0.1) is 17.4 Å². The van der Waals surface area contributed by atoms with Crippen molar-refractivity contribution >= 4 is 33.3 Å². The molecule has 0 bridgehead atoms. The van der Waals surface area contributed by atoms with Gasteiger partial charge >= 0.3 is 10.1 Å². The van der Waals surface area contributed by atoms with Crippen molar-refractivity contribution in [3.63, 3.8) is 0 Å². The van der Waals surface area contributed by atoms with Crippen LogP contribution in [0.3, 0.4) is 0 Å². The van der Waals surface area contributed by atoms with Crippen LogP contribution < -0.4 is 14.1 Å². The van der Waals surface area contributed by atoms with Crippen LogP contribution in [0.2, 0.25) is 0 Å². The Labute approximate surface area is 226 Å². The topological polar surface area (TPSA) is 93.2 Å². The summed E-state index contributed by atoms with van der Waals surface area (Å²) in [5, 5.41) is 1.51. The minimum atomic E-state index is -4.17. The molecule has 2 saturated heterocycles. The quantitative estimate of drug-likeness (QED) is 0.256. The van der Waals surface area contributed by atoms with Gasteiger partial charge in [0.2, 0.25) is 5.91 Å². The van der Waals surface area contributed by atoms with Crippen LogP contribution in [-0.2, 0) is 24.5 Å². The molecule has 3 atom stereocenters. The number of anilines is 2. The average molecular weight is 541 g/mol. The van der Waals surface area contributed by atoms with Gasteiger partial charge in [-0.3, -0.25) is 14.4 Å². The van der Waals surface area contributed by atoms with E-state index in [1.807, 2.05) is 37.3 Å². The van der Waals surface area contributed by atoms with Gasteiger partial charge in [0.25, 0.3) is 5.91 Å². The number of aryl methyl sites for hydroxylation is 1. The number of imide groups is 1. The maximum absolute atomic E-state index is 14.0. The number of carbonyl (C=O) groups excluding carboxylic acids is 2. The normalized spacial score (nSPS) is 20.8. The minimum absolute atomic E-state index is 0.00174. The molecule has 4 aromatic rings. The molecular formula is C30H24N2O6S. The highest BCUT2D eigenvalue weighted by Crippen LogP contribution is 2.50. The van der Waals surface area contributed by atoms with E-state index < -0.39 is 40.0 Å². The van der Waals surface area contributed by atoms with E-state index in [9.17, 15) is 18.0 Å². The Morgan fingerprint density at radius 3 is 2.08 bits per heavy atom. The maximum atomic E-state index is 14.0. The van der Waals surface area contributed by atoms with Crippen molar-refractivity contribution in [3.05, 3.63) is 120 Å². The number of rotatable bonds is 6. The molecule has 4 aromatic carbocycles. The summed E-state index contributed by atoms with van der Waals surface area (Å²) in [5.74, 6) is -1.80. The Kier molecular flexibility index (Phi) is 6.17. The second kappa shape index (κ2) is 9.68. The van der Waals surface area contributed by atoms with E-state index in [1.54, 1.807) is 60.7 Å². The van der Waals surface area contributed by atoms with Gasteiger partial charge in [0.15, 0.2) is 6.10 Å². The highest BCUT2D eigenvalue weighted by molar-refractivity contribution is 7.87. The Morgan fingerprint density at radius 2 is 1.36 bits per heavy atom. The number of nitrogens with zero attached hydrogens (tertiary/aromatic N) is 2. The van der Waals surface area contributed by atoms with Gasteiger partial charge in [-0.1, -0.05) is 72.8 Å². The number of para-hydroxylation sites is 3. The number of fused-ring (bicyclic) bond motifs is 1. The molecule has 2 aliphatic heterocycles. The van der Waals surface area contributed by atoms with Crippen LogP contribution in [0.1, 0.15) is 17.2 Å². The predicted molar refractivity (Wildman–Crippen MR) is 144 cm³/mol. The minimum Gasteiger partial charge on any atom is -0.379 e. The van der Waals surface area contributed by atoms with Crippen LogP contribution in [-0.4, -0.2) is 26.3 Å². The van der Waals surface area contributed by atoms with Crippen LogP contribution in [0.4, 0.5) is 11.4 Å². The fourth-order valence-corrected chi connectivity index (χ4v) is 6.11. The summed E-state index contributed by atoms with van der Waals surface area (Å²) in [6, 6.07) is 29.8. The summed E-state index contributed by atoms with van der Waals surface area (Å²) in [7, 11) is -4.17. The molecule has 0 spiro atoms. The summed E-state index contributed by atoms with van der Waals surface area (Å²) in [4.78, 5) is 35.0. The van der Waals surface area contributed by atoms with Gasteiger partial charge < -0.3 is 4.18 Å². The Morgan fingerprint density at radius 1 is 0.744 bits per heavy atom. The van der Waals surface area contributed by atoms with Crippen molar-refractivity contribution in [2.75, 3.05) is 9.96 Å². The molecule has 8 nitrogen and oxygen atoms in total. The number of benzene rings is 4.